The first-order chi connectivity index (χ1) is 22.1. The summed E-state index contributed by atoms with van der Waals surface area (Å²) >= 11 is 0. The summed E-state index contributed by atoms with van der Waals surface area (Å²) in [5.41, 5.74) is 7.12. The Morgan fingerprint density at radius 3 is 2.20 bits per heavy atom. The summed E-state index contributed by atoms with van der Waals surface area (Å²) in [7, 11) is 0. The third-order valence-electron chi connectivity index (χ3n) is 8.43. The van der Waals surface area contributed by atoms with Gasteiger partial charge in [-0.05, 0) is 33.4 Å². The average Bonchev–Trinajstić information content (AvgIpc) is 3.11. The summed E-state index contributed by atoms with van der Waals surface area (Å²) in [5, 5.41) is 15.4. The molecule has 8 heteroatoms. The van der Waals surface area contributed by atoms with Crippen LogP contribution < -0.4 is 10.6 Å². The van der Waals surface area contributed by atoms with Crippen LogP contribution in [0.15, 0.2) is 103 Å². The molecule has 0 saturated carbocycles. The Balaban J connectivity index is 1.14. The molecule has 45 heavy (non-hydrogen) atoms. The number of hydrogen-bond acceptors (Lipinski definition) is 6. The molecular formula is C37H41N3O5. The van der Waals surface area contributed by atoms with Crippen LogP contribution in [-0.4, -0.2) is 55.0 Å². The van der Waals surface area contributed by atoms with Gasteiger partial charge in [0.15, 0.2) is 6.29 Å². The molecule has 3 unspecified atom stereocenters. The third kappa shape index (κ3) is 8.36. The van der Waals surface area contributed by atoms with Crippen LogP contribution in [0, 0.1) is 0 Å². The van der Waals surface area contributed by atoms with E-state index in [0.29, 0.717) is 13.1 Å². The Kier molecular flexibility index (Phi) is 10.5. The molecule has 0 aliphatic carbocycles. The molecule has 2 heterocycles. The minimum atomic E-state index is -0.508. The fourth-order valence-electron chi connectivity index (χ4n) is 5.90. The van der Waals surface area contributed by atoms with E-state index in [9.17, 15) is 9.90 Å². The smallest absolute Gasteiger partial charge is 0.315 e. The lowest BCUT2D eigenvalue weighted by atomic mass is 9.97. The van der Waals surface area contributed by atoms with Gasteiger partial charge >= 0.3 is 6.03 Å². The molecule has 3 atom stereocenters. The van der Waals surface area contributed by atoms with Crippen LogP contribution in [0.3, 0.4) is 0 Å². The monoisotopic (exact) mass is 607 g/mol. The number of ether oxygens (including phenoxy) is 3. The van der Waals surface area contributed by atoms with E-state index < -0.39 is 6.29 Å². The molecule has 2 fully saturated rings. The van der Waals surface area contributed by atoms with Crippen molar-refractivity contribution < 1.29 is 24.1 Å². The van der Waals surface area contributed by atoms with E-state index in [2.05, 4.69) is 45.9 Å². The van der Waals surface area contributed by atoms with Crippen molar-refractivity contribution in [2.24, 2.45) is 0 Å². The van der Waals surface area contributed by atoms with E-state index >= 15 is 0 Å². The zero-order valence-corrected chi connectivity index (χ0v) is 25.4. The summed E-state index contributed by atoms with van der Waals surface area (Å²) in [6.07, 6.45) is 0.126. The maximum absolute atomic E-state index is 12.5. The highest BCUT2D eigenvalue weighted by atomic mass is 16.7. The molecule has 0 spiro atoms. The quantitative estimate of drug-likeness (QED) is 0.214. The maximum Gasteiger partial charge on any atom is 0.315 e. The van der Waals surface area contributed by atoms with Crippen LogP contribution in [0.4, 0.5) is 4.79 Å². The van der Waals surface area contributed by atoms with E-state index in [-0.39, 0.29) is 24.8 Å². The number of aliphatic hydroxyl groups is 1. The maximum atomic E-state index is 12.5. The van der Waals surface area contributed by atoms with Crippen molar-refractivity contribution in [2.45, 2.75) is 44.6 Å². The van der Waals surface area contributed by atoms with Crippen LogP contribution in [0.1, 0.15) is 46.6 Å². The number of morpholine rings is 1. The van der Waals surface area contributed by atoms with Crippen molar-refractivity contribution in [3.8, 4) is 11.1 Å². The fraction of sp³-hybridized carbons (Fsp3) is 0.324. The molecule has 2 aliphatic rings. The Morgan fingerprint density at radius 1 is 0.756 bits per heavy atom. The molecule has 8 nitrogen and oxygen atoms in total. The lowest BCUT2D eigenvalue weighted by Gasteiger charge is -2.39. The van der Waals surface area contributed by atoms with Crippen molar-refractivity contribution in [3.05, 3.63) is 131 Å². The summed E-state index contributed by atoms with van der Waals surface area (Å²) in [4.78, 5) is 14.9. The van der Waals surface area contributed by atoms with Gasteiger partial charge in [-0.1, -0.05) is 103 Å². The first kappa shape index (κ1) is 31.0. The molecule has 0 bridgehead atoms. The predicted octanol–water partition coefficient (Wildman–Crippen LogP) is 5.72. The van der Waals surface area contributed by atoms with Gasteiger partial charge in [0.2, 0.25) is 0 Å². The Hall–Kier alpha value is -4.05. The predicted molar refractivity (Wildman–Crippen MR) is 173 cm³/mol. The van der Waals surface area contributed by atoms with Crippen LogP contribution in [0.25, 0.3) is 11.1 Å². The van der Waals surface area contributed by atoms with E-state index in [1.807, 2.05) is 72.8 Å². The molecule has 234 valence electrons. The SMILES string of the molecule is O=C(NCc1ccccc1)NCc1ccccc1-c1ccc(C2OC(CN3CCOCC3)CC(c3ccc(CO)cc3)O2)cc1. The molecule has 4 aromatic rings. The number of nitrogens with one attached hydrogen (secondary N) is 2. The van der Waals surface area contributed by atoms with E-state index in [1.54, 1.807) is 0 Å². The van der Waals surface area contributed by atoms with Crippen molar-refractivity contribution in [1.82, 2.24) is 15.5 Å². The number of carbonyl (C=O) groups is 1. The van der Waals surface area contributed by atoms with Crippen LogP contribution in [-0.2, 0) is 33.9 Å². The zero-order valence-electron chi connectivity index (χ0n) is 25.4. The Bertz CT molecular complexity index is 1510. The highest BCUT2D eigenvalue weighted by Gasteiger charge is 2.33. The third-order valence-corrected chi connectivity index (χ3v) is 8.43. The minimum Gasteiger partial charge on any atom is -0.392 e. The van der Waals surface area contributed by atoms with Gasteiger partial charge in [0, 0.05) is 44.7 Å². The van der Waals surface area contributed by atoms with E-state index in [0.717, 1.165) is 78.2 Å². The summed E-state index contributed by atoms with van der Waals surface area (Å²) in [6, 6.07) is 34.1. The second-order valence-electron chi connectivity index (χ2n) is 11.6. The summed E-state index contributed by atoms with van der Waals surface area (Å²) < 4.78 is 18.7. The van der Waals surface area contributed by atoms with Crippen molar-refractivity contribution >= 4 is 6.03 Å². The Morgan fingerprint density at radius 2 is 1.44 bits per heavy atom. The lowest BCUT2D eigenvalue weighted by Crippen LogP contribution is -2.44. The molecule has 6 rings (SSSR count). The molecule has 2 saturated heterocycles. The molecule has 3 N–H and O–H groups in total. The zero-order chi connectivity index (χ0) is 30.8. The number of aliphatic hydroxyl groups excluding tert-OH is 1. The van der Waals surface area contributed by atoms with Gasteiger partial charge in [-0.15, -0.1) is 0 Å². The van der Waals surface area contributed by atoms with Gasteiger partial charge in [-0.3, -0.25) is 4.90 Å². The number of urea groups is 1. The second kappa shape index (κ2) is 15.3. The molecule has 2 aliphatic heterocycles. The molecule has 2 amide bonds. The van der Waals surface area contributed by atoms with Gasteiger partial charge in [-0.2, -0.15) is 0 Å². The van der Waals surface area contributed by atoms with Crippen LogP contribution in [0.2, 0.25) is 0 Å². The van der Waals surface area contributed by atoms with Crippen molar-refractivity contribution in [1.29, 1.82) is 0 Å². The normalized spacial score (nSPS) is 20.4. The highest BCUT2D eigenvalue weighted by molar-refractivity contribution is 5.75. The van der Waals surface area contributed by atoms with Gasteiger partial charge < -0.3 is 30.0 Å². The van der Waals surface area contributed by atoms with Gasteiger partial charge in [0.25, 0.3) is 0 Å². The first-order valence-electron chi connectivity index (χ1n) is 15.7. The lowest BCUT2D eigenvalue weighted by molar-refractivity contribution is -0.253. The fourth-order valence-corrected chi connectivity index (χ4v) is 5.90. The first-order valence-corrected chi connectivity index (χ1v) is 15.7. The molecular weight excluding hydrogens is 566 g/mol. The van der Waals surface area contributed by atoms with E-state index in [1.165, 1.54) is 0 Å². The minimum absolute atomic E-state index is 0.00359. The summed E-state index contributed by atoms with van der Waals surface area (Å²) in [5.74, 6) is 0. The standard InChI is InChI=1S/C37H41N3O5/c41-26-28-10-12-30(13-11-28)35-22-33(25-40-18-20-43-21-19-40)44-36(45-35)31-16-14-29(15-17-31)34-9-5-4-8-32(34)24-39-37(42)38-23-27-6-2-1-3-7-27/h1-17,33,35-36,41H,18-26H2,(H2,38,39,42). The number of carbonyl (C=O) groups excluding carboxylic acids is 1. The van der Waals surface area contributed by atoms with Crippen LogP contribution >= 0.6 is 0 Å². The van der Waals surface area contributed by atoms with Gasteiger partial charge in [0.1, 0.15) is 0 Å². The number of rotatable bonds is 10. The largest absolute Gasteiger partial charge is 0.392 e. The van der Waals surface area contributed by atoms with Gasteiger partial charge in [-0.25, -0.2) is 4.79 Å². The van der Waals surface area contributed by atoms with E-state index in [4.69, 9.17) is 14.2 Å². The van der Waals surface area contributed by atoms with Crippen LogP contribution in [0.5, 0.6) is 0 Å². The topological polar surface area (TPSA) is 92.3 Å². The second-order valence-corrected chi connectivity index (χ2v) is 11.6. The van der Waals surface area contributed by atoms with Gasteiger partial charge in [0.05, 0.1) is 32.0 Å². The molecule has 0 aromatic heterocycles. The number of amides is 2. The number of nitrogens with zero attached hydrogens (tertiary/aromatic N) is 1. The molecule has 0 radical (unpaired) electrons. The summed E-state index contributed by atoms with van der Waals surface area (Å²) in [6.45, 7) is 5.02. The van der Waals surface area contributed by atoms with Crippen molar-refractivity contribution in [2.75, 3.05) is 32.8 Å². The number of benzene rings is 4. The number of hydrogen-bond donors (Lipinski definition) is 3. The van der Waals surface area contributed by atoms with Crippen molar-refractivity contribution in [3.63, 3.8) is 0 Å². The average molecular weight is 608 g/mol. The highest BCUT2D eigenvalue weighted by Crippen LogP contribution is 2.39. The molecule has 4 aromatic carbocycles. The Labute approximate surface area is 264 Å².